The van der Waals surface area contributed by atoms with E-state index in [1.807, 2.05) is 7.05 Å². The Labute approximate surface area is 181 Å². The Hall–Kier alpha value is -2.12. The maximum absolute atomic E-state index is 11.1. The van der Waals surface area contributed by atoms with Crippen molar-refractivity contribution in [3.8, 4) is 0 Å². The lowest BCUT2D eigenvalue weighted by atomic mass is 9.96. The van der Waals surface area contributed by atoms with Gasteiger partial charge in [-0.3, -0.25) is 19.6 Å². The van der Waals surface area contributed by atoms with Crippen molar-refractivity contribution in [2.24, 2.45) is 16.6 Å². The molecule has 0 radical (unpaired) electrons. The zero-order chi connectivity index (χ0) is 21.3. The zero-order valence-corrected chi connectivity index (χ0v) is 18.6. The van der Waals surface area contributed by atoms with Crippen molar-refractivity contribution >= 4 is 11.9 Å². The van der Waals surface area contributed by atoms with Crippen LogP contribution in [0.5, 0.6) is 0 Å². The summed E-state index contributed by atoms with van der Waals surface area (Å²) in [6.07, 6.45) is 4.46. The number of rotatable bonds is 7. The Morgan fingerprint density at radius 3 is 2.30 bits per heavy atom. The predicted molar refractivity (Wildman–Crippen MR) is 122 cm³/mol. The van der Waals surface area contributed by atoms with Crippen LogP contribution >= 0.6 is 0 Å². The molecule has 166 valence electrons. The molecule has 3 rings (SSSR count). The van der Waals surface area contributed by atoms with E-state index in [-0.39, 0.29) is 5.91 Å². The first-order valence-electron chi connectivity index (χ1n) is 11.3. The van der Waals surface area contributed by atoms with Crippen molar-refractivity contribution in [2.75, 3.05) is 46.3 Å². The van der Waals surface area contributed by atoms with Crippen LogP contribution in [0.2, 0.25) is 0 Å². The standard InChI is InChI=1S/C23H38N6O/c1-18-3-5-20(6-4-18)16-28-11-7-19(8-12-28)15-26-23(25-2)27-21-9-13-29(14-10-21)17-22(24)30/h3-6,19,21H,7-17H2,1-2H3,(H2,24,30)(H2,25,26,27). The van der Waals surface area contributed by atoms with E-state index in [2.05, 4.69) is 56.6 Å². The molecule has 4 N–H and O–H groups in total. The number of benzene rings is 1. The Morgan fingerprint density at radius 1 is 1.07 bits per heavy atom. The summed E-state index contributed by atoms with van der Waals surface area (Å²) in [5.41, 5.74) is 8.02. The molecule has 1 amide bonds. The number of guanidine groups is 1. The van der Waals surface area contributed by atoms with Crippen LogP contribution in [0, 0.1) is 12.8 Å². The van der Waals surface area contributed by atoms with Crippen LogP contribution in [0.4, 0.5) is 0 Å². The SMILES string of the molecule is CN=C(NCC1CCN(Cc2ccc(C)cc2)CC1)NC1CCN(CC(N)=O)CC1. The Morgan fingerprint density at radius 2 is 1.70 bits per heavy atom. The molecule has 0 bridgehead atoms. The lowest BCUT2D eigenvalue weighted by Crippen LogP contribution is -2.50. The quantitative estimate of drug-likeness (QED) is 0.463. The number of carbonyl (C=O) groups excluding carboxylic acids is 1. The van der Waals surface area contributed by atoms with Gasteiger partial charge >= 0.3 is 0 Å². The summed E-state index contributed by atoms with van der Waals surface area (Å²) in [5, 5.41) is 7.08. The molecule has 0 unspecified atom stereocenters. The van der Waals surface area contributed by atoms with Crippen molar-refractivity contribution in [3.63, 3.8) is 0 Å². The smallest absolute Gasteiger partial charge is 0.231 e. The van der Waals surface area contributed by atoms with Gasteiger partial charge in [-0.15, -0.1) is 0 Å². The van der Waals surface area contributed by atoms with E-state index in [1.165, 1.54) is 24.0 Å². The first-order chi connectivity index (χ1) is 14.5. The molecule has 7 nitrogen and oxygen atoms in total. The van der Waals surface area contributed by atoms with E-state index in [1.54, 1.807) is 0 Å². The number of amides is 1. The number of aliphatic imine (C=N–C) groups is 1. The van der Waals surface area contributed by atoms with Gasteiger partial charge in [-0.2, -0.15) is 0 Å². The van der Waals surface area contributed by atoms with Crippen molar-refractivity contribution in [1.82, 2.24) is 20.4 Å². The summed E-state index contributed by atoms with van der Waals surface area (Å²) in [4.78, 5) is 20.2. The van der Waals surface area contributed by atoms with Gasteiger partial charge in [0.05, 0.1) is 6.54 Å². The minimum absolute atomic E-state index is 0.246. The highest BCUT2D eigenvalue weighted by Crippen LogP contribution is 2.19. The van der Waals surface area contributed by atoms with Gasteiger partial charge in [0.2, 0.25) is 5.91 Å². The van der Waals surface area contributed by atoms with Gasteiger partial charge in [0.1, 0.15) is 0 Å². The molecule has 2 saturated heterocycles. The van der Waals surface area contributed by atoms with Crippen molar-refractivity contribution in [2.45, 2.75) is 45.2 Å². The average molecular weight is 415 g/mol. The Kier molecular flexibility index (Phi) is 8.51. The van der Waals surface area contributed by atoms with E-state index < -0.39 is 0 Å². The van der Waals surface area contributed by atoms with Crippen molar-refractivity contribution in [1.29, 1.82) is 0 Å². The fraction of sp³-hybridized carbons (Fsp3) is 0.652. The molecule has 0 atom stereocenters. The number of likely N-dealkylation sites (tertiary alicyclic amines) is 2. The minimum Gasteiger partial charge on any atom is -0.369 e. The first-order valence-corrected chi connectivity index (χ1v) is 11.3. The molecular formula is C23H38N6O. The third-order valence-corrected chi connectivity index (χ3v) is 6.32. The molecular weight excluding hydrogens is 376 g/mol. The summed E-state index contributed by atoms with van der Waals surface area (Å²) in [7, 11) is 1.84. The van der Waals surface area contributed by atoms with Gasteiger partial charge in [0.25, 0.3) is 0 Å². The normalized spacial score (nSPS) is 20.3. The van der Waals surface area contributed by atoms with Crippen LogP contribution in [-0.2, 0) is 11.3 Å². The zero-order valence-electron chi connectivity index (χ0n) is 18.6. The average Bonchev–Trinajstić information content (AvgIpc) is 2.74. The summed E-state index contributed by atoms with van der Waals surface area (Å²) in [6.45, 7) is 8.64. The lowest BCUT2D eigenvalue weighted by Gasteiger charge is -2.34. The van der Waals surface area contributed by atoms with Crippen LogP contribution in [0.1, 0.15) is 36.8 Å². The molecule has 2 aliphatic heterocycles. The van der Waals surface area contributed by atoms with Gasteiger partial charge in [0.15, 0.2) is 5.96 Å². The highest BCUT2D eigenvalue weighted by Gasteiger charge is 2.22. The third kappa shape index (κ3) is 7.29. The highest BCUT2D eigenvalue weighted by molar-refractivity contribution is 5.80. The molecule has 2 aliphatic rings. The van der Waals surface area contributed by atoms with Gasteiger partial charge in [-0.05, 0) is 57.2 Å². The number of nitrogens with one attached hydrogen (secondary N) is 2. The number of aryl methyl sites for hydroxylation is 1. The fourth-order valence-corrected chi connectivity index (χ4v) is 4.39. The first kappa shape index (κ1) is 22.6. The predicted octanol–water partition coefficient (Wildman–Crippen LogP) is 1.32. The van der Waals surface area contributed by atoms with Gasteiger partial charge in [-0.25, -0.2) is 0 Å². The molecule has 1 aromatic rings. The van der Waals surface area contributed by atoms with Crippen LogP contribution in [-0.4, -0.2) is 74.0 Å². The largest absolute Gasteiger partial charge is 0.369 e. The lowest BCUT2D eigenvalue weighted by molar-refractivity contribution is -0.119. The molecule has 0 spiro atoms. The molecule has 2 fully saturated rings. The molecule has 2 heterocycles. The number of nitrogens with zero attached hydrogens (tertiary/aromatic N) is 3. The van der Waals surface area contributed by atoms with Crippen molar-refractivity contribution < 1.29 is 4.79 Å². The summed E-state index contributed by atoms with van der Waals surface area (Å²) < 4.78 is 0. The monoisotopic (exact) mass is 414 g/mol. The van der Waals surface area contributed by atoms with Crippen LogP contribution in [0.25, 0.3) is 0 Å². The molecule has 30 heavy (non-hydrogen) atoms. The minimum atomic E-state index is -0.246. The van der Waals surface area contributed by atoms with Crippen LogP contribution in [0.15, 0.2) is 29.3 Å². The van der Waals surface area contributed by atoms with Crippen molar-refractivity contribution in [3.05, 3.63) is 35.4 Å². The fourth-order valence-electron chi connectivity index (χ4n) is 4.39. The van der Waals surface area contributed by atoms with Gasteiger partial charge in [0, 0.05) is 39.3 Å². The van der Waals surface area contributed by atoms with E-state index >= 15 is 0 Å². The second-order valence-corrected chi connectivity index (χ2v) is 8.82. The number of piperidine rings is 2. The number of hydrogen-bond acceptors (Lipinski definition) is 4. The van der Waals surface area contributed by atoms with Gasteiger partial charge < -0.3 is 16.4 Å². The molecule has 0 aliphatic carbocycles. The molecule has 0 saturated carbocycles. The van der Waals surface area contributed by atoms with Gasteiger partial charge in [-0.1, -0.05) is 29.8 Å². The van der Waals surface area contributed by atoms with E-state index in [9.17, 15) is 4.79 Å². The number of hydrogen-bond donors (Lipinski definition) is 3. The Balaban J connectivity index is 1.33. The summed E-state index contributed by atoms with van der Waals surface area (Å²) in [6, 6.07) is 9.29. The van der Waals surface area contributed by atoms with Crippen LogP contribution in [0.3, 0.4) is 0 Å². The van der Waals surface area contributed by atoms with E-state index in [0.29, 0.717) is 18.5 Å². The second-order valence-electron chi connectivity index (χ2n) is 8.82. The Bertz CT molecular complexity index is 688. The molecule has 0 aromatic heterocycles. The maximum atomic E-state index is 11.1. The second kappa shape index (κ2) is 11.3. The molecule has 1 aromatic carbocycles. The van der Waals surface area contributed by atoms with Crippen LogP contribution < -0.4 is 16.4 Å². The topological polar surface area (TPSA) is 86.0 Å². The van der Waals surface area contributed by atoms with E-state index in [4.69, 9.17) is 5.73 Å². The maximum Gasteiger partial charge on any atom is 0.231 e. The molecule has 7 heteroatoms. The third-order valence-electron chi connectivity index (χ3n) is 6.32. The highest BCUT2D eigenvalue weighted by atomic mass is 16.1. The van der Waals surface area contributed by atoms with E-state index in [0.717, 1.165) is 58.1 Å². The number of nitrogens with two attached hydrogens (primary N) is 1. The summed E-state index contributed by atoms with van der Waals surface area (Å²) >= 11 is 0. The number of primary amides is 1. The summed E-state index contributed by atoms with van der Waals surface area (Å²) in [5.74, 6) is 1.34. The number of carbonyl (C=O) groups is 1.